The molecular formula is C16H24N2O. The van der Waals surface area contributed by atoms with Crippen molar-refractivity contribution in [1.82, 2.24) is 5.32 Å². The van der Waals surface area contributed by atoms with E-state index in [0.29, 0.717) is 6.04 Å². The van der Waals surface area contributed by atoms with E-state index < -0.39 is 0 Å². The molecule has 1 aromatic rings. The van der Waals surface area contributed by atoms with Crippen LogP contribution in [0.5, 0.6) is 0 Å². The van der Waals surface area contributed by atoms with Gasteiger partial charge in [-0.05, 0) is 25.3 Å². The number of rotatable bonds is 4. The van der Waals surface area contributed by atoms with E-state index in [-0.39, 0.29) is 11.9 Å². The fourth-order valence-electron chi connectivity index (χ4n) is 2.87. The van der Waals surface area contributed by atoms with Crippen LogP contribution in [0.1, 0.15) is 55.7 Å². The van der Waals surface area contributed by atoms with Crippen molar-refractivity contribution in [2.45, 2.75) is 57.5 Å². The molecule has 3 N–H and O–H groups in total. The summed E-state index contributed by atoms with van der Waals surface area (Å²) in [7, 11) is 0. The highest BCUT2D eigenvalue weighted by atomic mass is 16.1. The molecule has 1 unspecified atom stereocenters. The van der Waals surface area contributed by atoms with Crippen LogP contribution in [0, 0.1) is 6.92 Å². The molecule has 1 saturated carbocycles. The number of carbonyl (C=O) groups excluding carboxylic acids is 1. The van der Waals surface area contributed by atoms with Crippen LogP contribution in [0.25, 0.3) is 0 Å². The van der Waals surface area contributed by atoms with Gasteiger partial charge in [-0.2, -0.15) is 0 Å². The Morgan fingerprint density at radius 2 is 1.95 bits per heavy atom. The third-order valence-corrected chi connectivity index (χ3v) is 3.92. The quantitative estimate of drug-likeness (QED) is 0.818. The van der Waals surface area contributed by atoms with Crippen molar-refractivity contribution in [2.24, 2.45) is 5.73 Å². The molecule has 1 fully saturated rings. The first kappa shape index (κ1) is 14.1. The molecule has 1 atom stereocenters. The lowest BCUT2D eigenvalue weighted by Crippen LogP contribution is -2.39. The minimum Gasteiger partial charge on any atom is -0.368 e. The van der Waals surface area contributed by atoms with E-state index in [2.05, 4.69) is 5.32 Å². The number of nitrogens with two attached hydrogens (primary N) is 1. The van der Waals surface area contributed by atoms with Gasteiger partial charge in [-0.1, -0.05) is 55.5 Å². The zero-order chi connectivity index (χ0) is 13.7. The lowest BCUT2D eigenvalue weighted by molar-refractivity contribution is -0.120. The van der Waals surface area contributed by atoms with Crippen molar-refractivity contribution in [1.29, 1.82) is 0 Å². The zero-order valence-corrected chi connectivity index (χ0v) is 11.7. The molecular weight excluding hydrogens is 236 g/mol. The van der Waals surface area contributed by atoms with Gasteiger partial charge < -0.3 is 5.73 Å². The molecule has 3 nitrogen and oxygen atoms in total. The summed E-state index contributed by atoms with van der Waals surface area (Å²) < 4.78 is 0. The van der Waals surface area contributed by atoms with Crippen LogP contribution >= 0.6 is 0 Å². The molecule has 0 spiro atoms. The van der Waals surface area contributed by atoms with Crippen molar-refractivity contribution >= 4 is 5.91 Å². The molecule has 0 aliphatic heterocycles. The number of benzene rings is 1. The number of hydrogen-bond acceptors (Lipinski definition) is 2. The number of aryl methyl sites for hydroxylation is 1. The van der Waals surface area contributed by atoms with Crippen LogP contribution in [0.3, 0.4) is 0 Å². The SMILES string of the molecule is Cc1cccc(C(NC2CCCCCC2)C(N)=O)c1. The van der Waals surface area contributed by atoms with Crippen molar-refractivity contribution in [3.63, 3.8) is 0 Å². The molecule has 3 heteroatoms. The number of carbonyl (C=O) groups is 1. The van der Waals surface area contributed by atoms with Crippen LogP contribution < -0.4 is 11.1 Å². The fourth-order valence-corrected chi connectivity index (χ4v) is 2.87. The fraction of sp³-hybridized carbons (Fsp3) is 0.562. The lowest BCUT2D eigenvalue weighted by Gasteiger charge is -2.23. The van der Waals surface area contributed by atoms with Crippen LogP contribution in [0.4, 0.5) is 0 Å². The van der Waals surface area contributed by atoms with Gasteiger partial charge in [0.1, 0.15) is 6.04 Å². The highest BCUT2D eigenvalue weighted by Gasteiger charge is 2.22. The normalized spacial score (nSPS) is 18.8. The van der Waals surface area contributed by atoms with Crippen molar-refractivity contribution in [2.75, 3.05) is 0 Å². The summed E-state index contributed by atoms with van der Waals surface area (Å²) in [6.45, 7) is 2.03. The Labute approximate surface area is 115 Å². The first-order valence-corrected chi connectivity index (χ1v) is 7.29. The lowest BCUT2D eigenvalue weighted by atomic mass is 10.0. The van der Waals surface area contributed by atoms with E-state index in [0.717, 1.165) is 24.0 Å². The van der Waals surface area contributed by atoms with E-state index in [1.54, 1.807) is 0 Å². The topological polar surface area (TPSA) is 55.1 Å². The molecule has 1 amide bonds. The summed E-state index contributed by atoms with van der Waals surface area (Å²) >= 11 is 0. The molecule has 0 bridgehead atoms. The molecule has 104 valence electrons. The maximum Gasteiger partial charge on any atom is 0.239 e. The standard InChI is InChI=1S/C16H24N2O/c1-12-7-6-8-13(11-12)15(16(17)19)18-14-9-4-2-3-5-10-14/h6-8,11,14-15,18H,2-5,9-10H2,1H3,(H2,17,19). The van der Waals surface area contributed by atoms with Crippen molar-refractivity contribution in [3.05, 3.63) is 35.4 Å². The smallest absolute Gasteiger partial charge is 0.239 e. The van der Waals surface area contributed by atoms with Gasteiger partial charge in [0.2, 0.25) is 5.91 Å². The molecule has 0 aromatic heterocycles. The van der Waals surface area contributed by atoms with Crippen molar-refractivity contribution < 1.29 is 4.79 Å². The minimum absolute atomic E-state index is 0.283. The van der Waals surface area contributed by atoms with Crippen LogP contribution in [-0.4, -0.2) is 11.9 Å². The van der Waals surface area contributed by atoms with Gasteiger partial charge in [0, 0.05) is 6.04 Å². The largest absolute Gasteiger partial charge is 0.368 e. The minimum atomic E-state index is -0.358. The molecule has 1 aliphatic carbocycles. The van der Waals surface area contributed by atoms with Crippen LogP contribution in [-0.2, 0) is 4.79 Å². The van der Waals surface area contributed by atoms with E-state index in [9.17, 15) is 4.79 Å². The van der Waals surface area contributed by atoms with Crippen molar-refractivity contribution in [3.8, 4) is 0 Å². The monoisotopic (exact) mass is 260 g/mol. The Morgan fingerprint density at radius 1 is 1.26 bits per heavy atom. The Hall–Kier alpha value is -1.35. The molecule has 0 saturated heterocycles. The number of amides is 1. The molecule has 0 radical (unpaired) electrons. The molecule has 1 aliphatic rings. The van der Waals surface area contributed by atoms with Gasteiger partial charge >= 0.3 is 0 Å². The zero-order valence-electron chi connectivity index (χ0n) is 11.7. The van der Waals surface area contributed by atoms with Gasteiger partial charge in [0.05, 0.1) is 0 Å². The van der Waals surface area contributed by atoms with E-state index >= 15 is 0 Å². The summed E-state index contributed by atoms with van der Waals surface area (Å²) in [6.07, 6.45) is 7.41. The Kier molecular flexibility index (Phi) is 4.97. The second kappa shape index (κ2) is 6.71. The summed E-state index contributed by atoms with van der Waals surface area (Å²) in [5, 5.41) is 3.46. The second-order valence-corrected chi connectivity index (χ2v) is 5.60. The maximum absolute atomic E-state index is 11.7. The second-order valence-electron chi connectivity index (χ2n) is 5.60. The third kappa shape index (κ3) is 4.06. The Bertz CT molecular complexity index is 423. The number of primary amides is 1. The van der Waals surface area contributed by atoms with Gasteiger partial charge in [-0.3, -0.25) is 10.1 Å². The van der Waals surface area contributed by atoms with Gasteiger partial charge in [0.15, 0.2) is 0 Å². The highest BCUT2D eigenvalue weighted by Crippen LogP contribution is 2.21. The first-order valence-electron chi connectivity index (χ1n) is 7.29. The summed E-state index contributed by atoms with van der Waals surface area (Å²) in [4.78, 5) is 11.7. The molecule has 0 heterocycles. The predicted octanol–water partition coefficient (Wildman–Crippen LogP) is 2.83. The molecule has 19 heavy (non-hydrogen) atoms. The average Bonchev–Trinajstić information content (AvgIpc) is 2.64. The number of nitrogens with one attached hydrogen (secondary N) is 1. The maximum atomic E-state index is 11.7. The predicted molar refractivity (Wildman–Crippen MR) is 77.7 cm³/mol. The van der Waals surface area contributed by atoms with Gasteiger partial charge in [-0.25, -0.2) is 0 Å². The van der Waals surface area contributed by atoms with Crippen LogP contribution in [0.2, 0.25) is 0 Å². The Morgan fingerprint density at radius 3 is 2.53 bits per heavy atom. The number of hydrogen-bond donors (Lipinski definition) is 2. The summed E-state index contributed by atoms with van der Waals surface area (Å²) in [5.41, 5.74) is 7.72. The molecule has 2 rings (SSSR count). The first-order chi connectivity index (χ1) is 9.16. The average molecular weight is 260 g/mol. The highest BCUT2D eigenvalue weighted by molar-refractivity contribution is 5.81. The molecule has 1 aromatic carbocycles. The van der Waals surface area contributed by atoms with E-state index in [1.807, 2.05) is 31.2 Å². The van der Waals surface area contributed by atoms with Gasteiger partial charge in [0.25, 0.3) is 0 Å². The van der Waals surface area contributed by atoms with E-state index in [1.165, 1.54) is 25.7 Å². The van der Waals surface area contributed by atoms with E-state index in [4.69, 9.17) is 5.73 Å². The summed E-state index contributed by atoms with van der Waals surface area (Å²) in [5.74, 6) is -0.283. The van der Waals surface area contributed by atoms with Crippen LogP contribution in [0.15, 0.2) is 24.3 Å². The Balaban J connectivity index is 2.09. The third-order valence-electron chi connectivity index (χ3n) is 3.92. The summed E-state index contributed by atoms with van der Waals surface area (Å²) in [6, 6.07) is 8.09. The van der Waals surface area contributed by atoms with Gasteiger partial charge in [-0.15, -0.1) is 0 Å².